The molecule has 0 aromatic heterocycles. The summed E-state index contributed by atoms with van der Waals surface area (Å²) >= 11 is 12.1. The standard InChI is InChI=1S/C20H20Cl2F3N3O2/c1-27(10-13-6-5-8-15(21)19(13)22)12-18(30)28(2)11-17(29)26-16-9-4-3-7-14(16)20(23,24)25/h3-9H,10-12H2,1-2H3,(H,26,29). The van der Waals surface area contributed by atoms with Crippen molar-refractivity contribution in [2.75, 3.05) is 32.5 Å². The summed E-state index contributed by atoms with van der Waals surface area (Å²) in [5.41, 5.74) is -0.572. The molecular formula is C20H20Cl2F3N3O2. The second-order valence-electron chi connectivity index (χ2n) is 6.73. The number of carbonyl (C=O) groups excluding carboxylic acids is 2. The molecule has 5 nitrogen and oxygen atoms in total. The van der Waals surface area contributed by atoms with Crippen LogP contribution in [0.3, 0.4) is 0 Å². The number of nitrogens with zero attached hydrogens (tertiary/aromatic N) is 2. The van der Waals surface area contributed by atoms with E-state index in [-0.39, 0.29) is 18.1 Å². The molecule has 0 spiro atoms. The van der Waals surface area contributed by atoms with E-state index in [9.17, 15) is 22.8 Å². The molecule has 0 bridgehead atoms. The number of rotatable bonds is 7. The molecule has 0 aliphatic rings. The van der Waals surface area contributed by atoms with Crippen LogP contribution in [0.25, 0.3) is 0 Å². The van der Waals surface area contributed by atoms with Gasteiger partial charge in [-0.1, -0.05) is 47.5 Å². The van der Waals surface area contributed by atoms with Gasteiger partial charge in [0.05, 0.1) is 34.4 Å². The van der Waals surface area contributed by atoms with Gasteiger partial charge >= 0.3 is 6.18 Å². The Bertz CT molecular complexity index is 922. The fourth-order valence-corrected chi connectivity index (χ4v) is 3.08. The van der Waals surface area contributed by atoms with Gasteiger partial charge in [-0.05, 0) is 30.8 Å². The molecule has 0 radical (unpaired) electrons. The fourth-order valence-electron chi connectivity index (χ4n) is 2.70. The lowest BCUT2D eigenvalue weighted by Crippen LogP contribution is -2.40. The smallest absolute Gasteiger partial charge is 0.335 e. The Balaban J connectivity index is 1.92. The van der Waals surface area contributed by atoms with E-state index in [1.807, 2.05) is 0 Å². The van der Waals surface area contributed by atoms with Crippen molar-refractivity contribution in [2.45, 2.75) is 12.7 Å². The molecule has 0 fully saturated rings. The summed E-state index contributed by atoms with van der Waals surface area (Å²) in [4.78, 5) is 27.4. The first kappa shape index (κ1) is 24.0. The second-order valence-corrected chi connectivity index (χ2v) is 7.51. The number of nitrogens with one attached hydrogen (secondary N) is 1. The maximum absolute atomic E-state index is 13.0. The predicted octanol–water partition coefficient (Wildman–Crippen LogP) is 4.54. The molecule has 30 heavy (non-hydrogen) atoms. The zero-order valence-corrected chi connectivity index (χ0v) is 17.8. The van der Waals surface area contributed by atoms with Gasteiger partial charge in [0.2, 0.25) is 11.8 Å². The predicted molar refractivity (Wildman–Crippen MR) is 111 cm³/mol. The van der Waals surface area contributed by atoms with Crippen LogP contribution in [0.15, 0.2) is 42.5 Å². The van der Waals surface area contributed by atoms with Crippen molar-refractivity contribution in [3.8, 4) is 0 Å². The molecule has 0 saturated carbocycles. The molecule has 1 N–H and O–H groups in total. The molecule has 2 rings (SSSR count). The second kappa shape index (κ2) is 10.1. The van der Waals surface area contributed by atoms with Crippen molar-refractivity contribution in [1.82, 2.24) is 9.80 Å². The Labute approximate surface area is 182 Å². The van der Waals surface area contributed by atoms with Gasteiger partial charge in [-0.25, -0.2) is 0 Å². The first-order chi connectivity index (χ1) is 14.0. The molecule has 0 heterocycles. The third-order valence-corrected chi connectivity index (χ3v) is 5.05. The number of likely N-dealkylation sites (N-methyl/N-ethyl adjacent to an activating group) is 2. The molecule has 0 aliphatic carbocycles. The highest BCUT2D eigenvalue weighted by molar-refractivity contribution is 6.42. The first-order valence-corrected chi connectivity index (χ1v) is 9.56. The quantitative estimate of drug-likeness (QED) is 0.658. The number of hydrogen-bond donors (Lipinski definition) is 1. The summed E-state index contributed by atoms with van der Waals surface area (Å²) in [5, 5.41) is 3.01. The Kier molecular flexibility index (Phi) is 8.11. The van der Waals surface area contributed by atoms with E-state index in [1.165, 1.54) is 19.2 Å². The molecule has 2 aromatic rings. The molecule has 162 valence electrons. The highest BCUT2D eigenvalue weighted by Gasteiger charge is 2.33. The summed E-state index contributed by atoms with van der Waals surface area (Å²) in [6.07, 6.45) is -4.60. The minimum absolute atomic E-state index is 0.0221. The summed E-state index contributed by atoms with van der Waals surface area (Å²) in [5.74, 6) is -1.11. The lowest BCUT2D eigenvalue weighted by molar-refractivity contribution is -0.137. The van der Waals surface area contributed by atoms with Gasteiger partial charge in [0, 0.05) is 13.6 Å². The Morgan fingerprint density at radius 1 is 1.00 bits per heavy atom. The van der Waals surface area contributed by atoms with Gasteiger partial charge in [-0.2, -0.15) is 13.2 Å². The van der Waals surface area contributed by atoms with Crippen LogP contribution >= 0.6 is 23.2 Å². The van der Waals surface area contributed by atoms with Crippen LogP contribution in [-0.4, -0.2) is 48.8 Å². The van der Waals surface area contributed by atoms with E-state index < -0.39 is 24.2 Å². The zero-order chi connectivity index (χ0) is 22.5. The molecule has 2 amide bonds. The van der Waals surface area contributed by atoms with E-state index >= 15 is 0 Å². The van der Waals surface area contributed by atoms with Crippen LogP contribution in [0.1, 0.15) is 11.1 Å². The number of alkyl halides is 3. The van der Waals surface area contributed by atoms with Gasteiger partial charge in [-0.3, -0.25) is 14.5 Å². The Morgan fingerprint density at radius 2 is 1.67 bits per heavy atom. The highest BCUT2D eigenvalue weighted by Crippen LogP contribution is 2.34. The van der Waals surface area contributed by atoms with Gasteiger partial charge in [-0.15, -0.1) is 0 Å². The van der Waals surface area contributed by atoms with Crippen molar-refractivity contribution in [3.63, 3.8) is 0 Å². The SMILES string of the molecule is CN(CC(=O)N(C)CC(=O)Nc1ccccc1C(F)(F)F)Cc1cccc(Cl)c1Cl. The third-order valence-electron chi connectivity index (χ3n) is 4.19. The number of benzene rings is 2. The largest absolute Gasteiger partial charge is 0.418 e. The van der Waals surface area contributed by atoms with Crippen LogP contribution in [-0.2, 0) is 22.3 Å². The van der Waals surface area contributed by atoms with Crippen molar-refractivity contribution in [1.29, 1.82) is 0 Å². The summed E-state index contributed by atoms with van der Waals surface area (Å²) in [6, 6.07) is 9.83. The third kappa shape index (κ3) is 6.62. The normalized spacial score (nSPS) is 11.5. The van der Waals surface area contributed by atoms with E-state index in [4.69, 9.17) is 23.2 Å². The van der Waals surface area contributed by atoms with Crippen LogP contribution in [0.5, 0.6) is 0 Å². The van der Waals surface area contributed by atoms with E-state index in [0.29, 0.717) is 16.6 Å². The number of anilines is 1. The van der Waals surface area contributed by atoms with Crippen LogP contribution in [0.2, 0.25) is 10.0 Å². The zero-order valence-electron chi connectivity index (χ0n) is 16.3. The Hall–Kier alpha value is -2.29. The topological polar surface area (TPSA) is 52.7 Å². The van der Waals surface area contributed by atoms with E-state index in [0.717, 1.165) is 22.6 Å². The molecule has 0 aliphatic heterocycles. The van der Waals surface area contributed by atoms with Gasteiger partial charge in [0.15, 0.2) is 0 Å². The Morgan fingerprint density at radius 3 is 2.33 bits per heavy atom. The van der Waals surface area contributed by atoms with Crippen molar-refractivity contribution >= 4 is 40.7 Å². The fraction of sp³-hybridized carbons (Fsp3) is 0.300. The number of halogens is 5. The van der Waals surface area contributed by atoms with Crippen molar-refractivity contribution < 1.29 is 22.8 Å². The van der Waals surface area contributed by atoms with Gasteiger partial charge in [0.25, 0.3) is 0 Å². The van der Waals surface area contributed by atoms with Crippen LogP contribution in [0, 0.1) is 0 Å². The summed E-state index contributed by atoms with van der Waals surface area (Å²) < 4.78 is 39.1. The van der Waals surface area contributed by atoms with Crippen LogP contribution < -0.4 is 5.32 Å². The van der Waals surface area contributed by atoms with Crippen molar-refractivity contribution in [3.05, 3.63) is 63.6 Å². The average molecular weight is 462 g/mol. The molecule has 0 saturated heterocycles. The first-order valence-electron chi connectivity index (χ1n) is 8.80. The van der Waals surface area contributed by atoms with E-state index in [1.54, 1.807) is 30.1 Å². The highest BCUT2D eigenvalue weighted by atomic mass is 35.5. The maximum Gasteiger partial charge on any atom is 0.418 e. The van der Waals surface area contributed by atoms with Gasteiger partial charge < -0.3 is 10.2 Å². The minimum Gasteiger partial charge on any atom is -0.335 e. The molecule has 2 aromatic carbocycles. The number of carbonyl (C=O) groups is 2. The summed E-state index contributed by atoms with van der Waals surface area (Å²) in [6.45, 7) is -0.0628. The lowest BCUT2D eigenvalue weighted by Gasteiger charge is -2.22. The monoisotopic (exact) mass is 461 g/mol. The van der Waals surface area contributed by atoms with Crippen LogP contribution in [0.4, 0.5) is 18.9 Å². The van der Waals surface area contributed by atoms with E-state index in [2.05, 4.69) is 5.32 Å². The number of hydrogen-bond acceptors (Lipinski definition) is 3. The maximum atomic E-state index is 13.0. The summed E-state index contributed by atoms with van der Waals surface area (Å²) in [7, 11) is 3.10. The molecule has 10 heteroatoms. The average Bonchev–Trinajstić information content (AvgIpc) is 2.64. The number of amides is 2. The molecule has 0 atom stereocenters. The lowest BCUT2D eigenvalue weighted by atomic mass is 10.1. The number of para-hydroxylation sites is 1. The molecule has 0 unspecified atom stereocenters. The molecular weight excluding hydrogens is 442 g/mol. The van der Waals surface area contributed by atoms with Gasteiger partial charge in [0.1, 0.15) is 0 Å². The van der Waals surface area contributed by atoms with Crippen molar-refractivity contribution in [2.24, 2.45) is 0 Å². The minimum atomic E-state index is -4.60.